The van der Waals surface area contributed by atoms with Crippen LogP contribution >= 0.6 is 11.6 Å². The van der Waals surface area contributed by atoms with Crippen LogP contribution in [0.2, 0.25) is 5.02 Å². The molecule has 0 aliphatic carbocycles. The summed E-state index contributed by atoms with van der Waals surface area (Å²) in [6.07, 6.45) is 0.164. The summed E-state index contributed by atoms with van der Waals surface area (Å²) in [5, 5.41) is 0.619. The molecule has 1 aliphatic rings. The number of hydrogen-bond acceptors (Lipinski definition) is 6. The molecule has 0 N–H and O–H groups in total. The lowest BCUT2D eigenvalue weighted by atomic mass is 9.85. The summed E-state index contributed by atoms with van der Waals surface area (Å²) < 4.78 is 17.1. The van der Waals surface area contributed by atoms with E-state index in [1.165, 1.54) is 0 Å². The fourth-order valence-corrected chi connectivity index (χ4v) is 5.77. The van der Waals surface area contributed by atoms with Gasteiger partial charge in [-0.1, -0.05) is 44.5 Å². The number of fused-ring (bicyclic) bond motifs is 1. The van der Waals surface area contributed by atoms with Gasteiger partial charge in [-0.25, -0.2) is 4.79 Å². The molecule has 0 fully saturated rings. The van der Waals surface area contributed by atoms with Gasteiger partial charge in [-0.2, -0.15) is 0 Å². The lowest BCUT2D eigenvalue weighted by molar-refractivity contribution is -0.147. The Morgan fingerprint density at radius 1 is 1.05 bits per heavy atom. The Balaban J connectivity index is 1.79. The number of hydrogen-bond donors (Lipinski definition) is 0. The van der Waals surface area contributed by atoms with Crippen LogP contribution in [0.1, 0.15) is 64.3 Å². The van der Waals surface area contributed by atoms with E-state index >= 15 is 0 Å². The Morgan fingerprint density at radius 2 is 1.69 bits per heavy atom. The minimum absolute atomic E-state index is 0.0396. The van der Waals surface area contributed by atoms with Gasteiger partial charge >= 0.3 is 5.97 Å². The van der Waals surface area contributed by atoms with Crippen molar-refractivity contribution in [1.29, 1.82) is 0 Å². The Bertz CT molecular complexity index is 1410. The normalized spacial score (nSPS) is 15.7. The molecule has 1 unspecified atom stereocenters. The monoisotopic (exact) mass is 592 g/mol. The van der Waals surface area contributed by atoms with Crippen LogP contribution in [0.3, 0.4) is 0 Å². The molecule has 0 radical (unpaired) electrons. The fourth-order valence-electron chi connectivity index (χ4n) is 5.64. The molecule has 4 rings (SSSR count). The first-order valence-electron chi connectivity index (χ1n) is 14.3. The second-order valence-electron chi connectivity index (χ2n) is 11.9. The van der Waals surface area contributed by atoms with Gasteiger partial charge < -0.3 is 24.0 Å². The quantitative estimate of drug-likeness (QED) is 0.244. The number of carbonyl (C=O) groups is 2. The van der Waals surface area contributed by atoms with Gasteiger partial charge in [0.1, 0.15) is 6.04 Å². The molecule has 42 heavy (non-hydrogen) atoms. The first-order chi connectivity index (χ1) is 19.8. The van der Waals surface area contributed by atoms with E-state index in [0.717, 1.165) is 28.1 Å². The van der Waals surface area contributed by atoms with Crippen LogP contribution in [0.15, 0.2) is 60.7 Å². The molecule has 0 bridgehead atoms. The number of esters is 1. The molecular weight excluding hydrogens is 552 g/mol. The van der Waals surface area contributed by atoms with Gasteiger partial charge in [0.25, 0.3) is 0 Å². The summed E-state index contributed by atoms with van der Waals surface area (Å²) in [6.45, 7) is 12.1. The summed E-state index contributed by atoms with van der Waals surface area (Å²) >= 11 is 6.25. The first kappa shape index (κ1) is 31.2. The predicted octanol–water partition coefficient (Wildman–Crippen LogP) is 7.23. The molecule has 224 valence electrons. The van der Waals surface area contributed by atoms with Gasteiger partial charge in [0.2, 0.25) is 5.91 Å². The average Bonchev–Trinajstić information content (AvgIpc) is 2.92. The summed E-state index contributed by atoms with van der Waals surface area (Å²) in [7, 11) is 3.50. The number of anilines is 2. The van der Waals surface area contributed by atoms with Crippen molar-refractivity contribution in [3.05, 3.63) is 82.4 Å². The molecule has 8 heteroatoms. The Labute approximate surface area is 254 Å². The summed E-state index contributed by atoms with van der Waals surface area (Å²) in [5.41, 5.74) is 4.01. The van der Waals surface area contributed by atoms with Crippen LogP contribution in [0.4, 0.5) is 11.4 Å². The maximum absolute atomic E-state index is 13.8. The fraction of sp³-hybridized carbons (Fsp3) is 0.412. The molecule has 0 aromatic heterocycles. The Kier molecular flexibility index (Phi) is 9.41. The molecular formula is C34H41ClN2O5. The summed E-state index contributed by atoms with van der Waals surface area (Å²) in [6, 6.07) is 18.3. The van der Waals surface area contributed by atoms with E-state index in [4.69, 9.17) is 25.8 Å². The molecule has 7 nitrogen and oxygen atoms in total. The van der Waals surface area contributed by atoms with Gasteiger partial charge in [0.15, 0.2) is 11.5 Å². The van der Waals surface area contributed by atoms with Crippen LogP contribution in [0, 0.1) is 5.41 Å². The maximum Gasteiger partial charge on any atom is 0.329 e. The van der Waals surface area contributed by atoms with E-state index in [-0.39, 0.29) is 29.8 Å². The number of amides is 1. The van der Waals surface area contributed by atoms with Gasteiger partial charge in [0, 0.05) is 23.4 Å². The molecule has 0 spiro atoms. The van der Waals surface area contributed by atoms with Crippen molar-refractivity contribution in [2.75, 3.05) is 30.6 Å². The highest BCUT2D eigenvalue weighted by Gasteiger charge is 2.38. The number of nitrogens with zero attached hydrogens (tertiary/aromatic N) is 2. The van der Waals surface area contributed by atoms with E-state index in [1.807, 2.05) is 119 Å². The highest BCUT2D eigenvalue weighted by Crippen LogP contribution is 2.44. The number of benzene rings is 3. The van der Waals surface area contributed by atoms with Crippen molar-refractivity contribution in [1.82, 2.24) is 0 Å². The lowest BCUT2D eigenvalue weighted by Gasteiger charge is -2.39. The molecule has 0 saturated carbocycles. The minimum atomic E-state index is -0.483. The van der Waals surface area contributed by atoms with Gasteiger partial charge in [0.05, 0.1) is 32.3 Å². The third-order valence-electron chi connectivity index (χ3n) is 7.39. The number of ether oxygens (including phenoxy) is 3. The van der Waals surface area contributed by atoms with E-state index in [9.17, 15) is 9.59 Å². The summed E-state index contributed by atoms with van der Waals surface area (Å²) in [5.74, 6) is 0.920. The Hall–Kier alpha value is -3.71. The number of halogens is 1. The highest BCUT2D eigenvalue weighted by atomic mass is 35.5. The zero-order valence-electron chi connectivity index (χ0n) is 25.7. The van der Waals surface area contributed by atoms with Crippen LogP contribution in [0.25, 0.3) is 0 Å². The standard InChI is InChI=1S/C34H41ClN2O5/c1-9-41-33(39)32(34(4,5)6)36(7)25-14-16-26(17-15-25)37-30(38)19-23-18-28(40-8)29(42-21(2)3)20-27(23)31(37)22-10-12-24(35)13-11-22/h10-18,20-21,31-32H,9,19H2,1-8H3/t31-,32?/m0/s1. The first-order valence-corrected chi connectivity index (χ1v) is 14.7. The molecule has 3 aromatic carbocycles. The topological polar surface area (TPSA) is 68.3 Å². The Morgan fingerprint density at radius 3 is 2.24 bits per heavy atom. The number of likely N-dealkylation sites (N-methyl/N-ethyl adjacent to an activating group) is 1. The highest BCUT2D eigenvalue weighted by molar-refractivity contribution is 6.30. The van der Waals surface area contributed by atoms with E-state index in [0.29, 0.717) is 23.1 Å². The second-order valence-corrected chi connectivity index (χ2v) is 12.3. The van der Waals surface area contributed by atoms with E-state index in [2.05, 4.69) is 0 Å². The van der Waals surface area contributed by atoms with Crippen LogP contribution in [-0.4, -0.2) is 44.8 Å². The molecule has 2 atom stereocenters. The average molecular weight is 593 g/mol. The molecule has 0 saturated heterocycles. The predicted molar refractivity (Wildman–Crippen MR) is 168 cm³/mol. The van der Waals surface area contributed by atoms with Gasteiger partial charge in [-0.3, -0.25) is 4.79 Å². The lowest BCUT2D eigenvalue weighted by Crippen LogP contribution is -2.48. The zero-order valence-corrected chi connectivity index (χ0v) is 26.5. The SMILES string of the molecule is CCOC(=O)C(N(C)c1ccc(N2C(=O)Cc3cc(OC)c(OC(C)C)cc3[C@@H]2c2ccc(Cl)cc2)cc1)C(C)(C)C. The van der Waals surface area contributed by atoms with Crippen LogP contribution < -0.4 is 19.3 Å². The molecule has 1 aliphatic heterocycles. The van der Waals surface area contributed by atoms with Gasteiger partial charge in [-0.15, -0.1) is 0 Å². The number of carbonyl (C=O) groups excluding carboxylic acids is 2. The van der Waals surface area contributed by atoms with Crippen LogP contribution in [0.5, 0.6) is 11.5 Å². The molecule has 1 amide bonds. The van der Waals surface area contributed by atoms with E-state index in [1.54, 1.807) is 7.11 Å². The number of methoxy groups -OCH3 is 1. The minimum Gasteiger partial charge on any atom is -0.493 e. The summed E-state index contributed by atoms with van der Waals surface area (Å²) in [4.78, 5) is 30.5. The van der Waals surface area contributed by atoms with Crippen molar-refractivity contribution in [2.45, 2.75) is 66.2 Å². The van der Waals surface area contributed by atoms with Crippen molar-refractivity contribution >= 4 is 34.9 Å². The third kappa shape index (κ3) is 6.51. The van der Waals surface area contributed by atoms with Crippen molar-refractivity contribution in [3.63, 3.8) is 0 Å². The maximum atomic E-state index is 13.8. The van der Waals surface area contributed by atoms with Crippen molar-refractivity contribution in [3.8, 4) is 11.5 Å². The third-order valence-corrected chi connectivity index (χ3v) is 7.64. The van der Waals surface area contributed by atoms with Gasteiger partial charge in [-0.05, 0) is 91.4 Å². The van der Waals surface area contributed by atoms with E-state index < -0.39 is 12.1 Å². The van der Waals surface area contributed by atoms with Crippen molar-refractivity contribution in [2.24, 2.45) is 5.41 Å². The van der Waals surface area contributed by atoms with Crippen LogP contribution in [-0.2, 0) is 20.7 Å². The molecule has 1 heterocycles. The van der Waals surface area contributed by atoms with Crippen molar-refractivity contribution < 1.29 is 23.8 Å². The molecule has 3 aromatic rings. The number of rotatable bonds is 9. The second kappa shape index (κ2) is 12.7. The largest absolute Gasteiger partial charge is 0.493 e. The zero-order chi connectivity index (χ0) is 30.8. The smallest absolute Gasteiger partial charge is 0.329 e.